The number of rotatable bonds is 4. The van der Waals surface area contributed by atoms with E-state index in [9.17, 15) is 9.59 Å². The molecule has 1 fully saturated rings. The third-order valence-corrected chi connectivity index (χ3v) is 4.66. The molecule has 126 valence electrons. The van der Waals surface area contributed by atoms with Gasteiger partial charge in [0.25, 0.3) is 0 Å². The van der Waals surface area contributed by atoms with Crippen molar-refractivity contribution in [2.45, 2.75) is 46.5 Å². The maximum absolute atomic E-state index is 12.6. The molecule has 0 aromatic heterocycles. The molecule has 0 radical (unpaired) electrons. The van der Waals surface area contributed by atoms with Crippen LogP contribution in [-0.2, 0) is 9.59 Å². The second-order valence-corrected chi connectivity index (χ2v) is 6.88. The van der Waals surface area contributed by atoms with Crippen molar-refractivity contribution in [2.24, 2.45) is 5.92 Å². The molecule has 0 saturated carbocycles. The standard InChI is InChI=1S/C19H28N2O2/c1-14(2)17-7-5-6-8-18(17)21(16(4)22)13-19(23)20-11-9-15(3)10-12-20/h5-8,14-15H,9-13H2,1-4H3. The quantitative estimate of drug-likeness (QED) is 0.854. The van der Waals surface area contributed by atoms with Crippen LogP contribution in [0.2, 0.25) is 0 Å². The van der Waals surface area contributed by atoms with E-state index in [1.54, 1.807) is 4.90 Å². The SMILES string of the molecule is CC(=O)N(CC(=O)N1CCC(C)CC1)c1ccccc1C(C)C. The second-order valence-electron chi connectivity index (χ2n) is 6.88. The number of anilines is 1. The largest absolute Gasteiger partial charge is 0.341 e. The lowest BCUT2D eigenvalue weighted by Gasteiger charge is -2.33. The fourth-order valence-electron chi connectivity index (χ4n) is 3.08. The van der Waals surface area contributed by atoms with Crippen molar-refractivity contribution in [3.05, 3.63) is 29.8 Å². The molecule has 0 aliphatic carbocycles. The maximum atomic E-state index is 12.6. The Bertz CT molecular complexity index is 560. The van der Waals surface area contributed by atoms with Gasteiger partial charge in [-0.2, -0.15) is 0 Å². The van der Waals surface area contributed by atoms with Crippen LogP contribution in [0.25, 0.3) is 0 Å². The van der Waals surface area contributed by atoms with E-state index >= 15 is 0 Å². The maximum Gasteiger partial charge on any atom is 0.242 e. The number of piperidine rings is 1. The Morgan fingerprint density at radius 2 is 1.83 bits per heavy atom. The molecule has 2 amide bonds. The van der Waals surface area contributed by atoms with Gasteiger partial charge in [-0.3, -0.25) is 9.59 Å². The summed E-state index contributed by atoms with van der Waals surface area (Å²) >= 11 is 0. The molecule has 4 nitrogen and oxygen atoms in total. The number of likely N-dealkylation sites (tertiary alicyclic amines) is 1. The summed E-state index contributed by atoms with van der Waals surface area (Å²) in [5.74, 6) is 0.950. The Morgan fingerprint density at radius 3 is 2.39 bits per heavy atom. The average molecular weight is 316 g/mol. The van der Waals surface area contributed by atoms with E-state index in [0.717, 1.165) is 37.2 Å². The topological polar surface area (TPSA) is 40.6 Å². The highest BCUT2D eigenvalue weighted by molar-refractivity contribution is 5.98. The van der Waals surface area contributed by atoms with Crippen LogP contribution < -0.4 is 4.90 Å². The summed E-state index contributed by atoms with van der Waals surface area (Å²) in [6.45, 7) is 9.70. The van der Waals surface area contributed by atoms with Crippen LogP contribution in [-0.4, -0.2) is 36.3 Å². The average Bonchev–Trinajstić information content (AvgIpc) is 2.52. The van der Waals surface area contributed by atoms with Gasteiger partial charge in [0.1, 0.15) is 6.54 Å². The molecule has 0 unspecified atom stereocenters. The molecule has 0 spiro atoms. The van der Waals surface area contributed by atoms with Crippen LogP contribution >= 0.6 is 0 Å². The fourth-order valence-corrected chi connectivity index (χ4v) is 3.08. The molecule has 1 saturated heterocycles. The fraction of sp³-hybridized carbons (Fsp3) is 0.579. The summed E-state index contributed by atoms with van der Waals surface area (Å²) < 4.78 is 0. The molecule has 0 atom stereocenters. The first-order valence-corrected chi connectivity index (χ1v) is 8.55. The third-order valence-electron chi connectivity index (χ3n) is 4.66. The molecule has 1 aromatic carbocycles. The van der Waals surface area contributed by atoms with Gasteiger partial charge in [0.05, 0.1) is 0 Å². The molecular formula is C19H28N2O2. The van der Waals surface area contributed by atoms with Crippen molar-refractivity contribution in [3.8, 4) is 0 Å². The van der Waals surface area contributed by atoms with Crippen LogP contribution in [0, 0.1) is 5.92 Å². The first-order chi connectivity index (χ1) is 10.9. The van der Waals surface area contributed by atoms with Gasteiger partial charge in [0.15, 0.2) is 0 Å². The van der Waals surface area contributed by atoms with E-state index in [-0.39, 0.29) is 18.4 Å². The van der Waals surface area contributed by atoms with Crippen molar-refractivity contribution < 1.29 is 9.59 Å². The molecule has 1 aliphatic heterocycles. The molecule has 1 heterocycles. The second kappa shape index (κ2) is 7.62. The van der Waals surface area contributed by atoms with Crippen molar-refractivity contribution in [1.29, 1.82) is 0 Å². The normalized spacial score (nSPS) is 15.8. The van der Waals surface area contributed by atoms with Crippen molar-refractivity contribution in [2.75, 3.05) is 24.5 Å². The Morgan fingerprint density at radius 1 is 1.22 bits per heavy atom. The van der Waals surface area contributed by atoms with Gasteiger partial charge in [0, 0.05) is 25.7 Å². The highest BCUT2D eigenvalue weighted by atomic mass is 16.2. The predicted octanol–water partition coefficient (Wildman–Crippen LogP) is 3.42. The summed E-state index contributed by atoms with van der Waals surface area (Å²) in [4.78, 5) is 28.3. The van der Waals surface area contributed by atoms with Crippen LogP contribution in [0.4, 0.5) is 5.69 Å². The minimum atomic E-state index is -0.0863. The predicted molar refractivity (Wildman–Crippen MR) is 93.5 cm³/mol. The Hall–Kier alpha value is -1.84. The van der Waals surface area contributed by atoms with E-state index < -0.39 is 0 Å². The highest BCUT2D eigenvalue weighted by Gasteiger charge is 2.25. The van der Waals surface area contributed by atoms with E-state index in [4.69, 9.17) is 0 Å². The van der Waals surface area contributed by atoms with Gasteiger partial charge in [0.2, 0.25) is 11.8 Å². The molecule has 1 aliphatic rings. The van der Waals surface area contributed by atoms with Crippen LogP contribution in [0.15, 0.2) is 24.3 Å². The summed E-state index contributed by atoms with van der Waals surface area (Å²) in [5.41, 5.74) is 1.96. The van der Waals surface area contributed by atoms with Gasteiger partial charge < -0.3 is 9.80 Å². The van der Waals surface area contributed by atoms with Gasteiger partial charge in [-0.25, -0.2) is 0 Å². The lowest BCUT2D eigenvalue weighted by molar-refractivity contribution is -0.132. The summed E-state index contributed by atoms with van der Waals surface area (Å²) in [7, 11) is 0. The number of hydrogen-bond donors (Lipinski definition) is 0. The number of carbonyl (C=O) groups is 2. The minimum absolute atomic E-state index is 0.0469. The smallest absolute Gasteiger partial charge is 0.242 e. The molecule has 2 rings (SSSR count). The minimum Gasteiger partial charge on any atom is -0.341 e. The third kappa shape index (κ3) is 4.34. The molecule has 1 aromatic rings. The Kier molecular flexibility index (Phi) is 5.80. The van der Waals surface area contributed by atoms with Gasteiger partial charge >= 0.3 is 0 Å². The number of para-hydroxylation sites is 1. The van der Waals surface area contributed by atoms with E-state index in [1.165, 1.54) is 6.92 Å². The molecular weight excluding hydrogens is 288 g/mol. The number of amides is 2. The summed E-state index contributed by atoms with van der Waals surface area (Å²) in [6.07, 6.45) is 2.10. The lowest BCUT2D eigenvalue weighted by Crippen LogP contribution is -2.45. The van der Waals surface area contributed by atoms with Crippen LogP contribution in [0.3, 0.4) is 0 Å². The van der Waals surface area contributed by atoms with Crippen molar-refractivity contribution in [3.63, 3.8) is 0 Å². The highest BCUT2D eigenvalue weighted by Crippen LogP contribution is 2.27. The van der Waals surface area contributed by atoms with Gasteiger partial charge in [-0.05, 0) is 36.3 Å². The lowest BCUT2D eigenvalue weighted by atomic mass is 9.99. The molecule has 4 heteroatoms. The van der Waals surface area contributed by atoms with E-state index in [0.29, 0.717) is 11.8 Å². The number of benzene rings is 1. The van der Waals surface area contributed by atoms with E-state index in [1.807, 2.05) is 29.2 Å². The number of hydrogen-bond acceptors (Lipinski definition) is 2. The first-order valence-electron chi connectivity index (χ1n) is 8.55. The number of carbonyl (C=O) groups excluding carboxylic acids is 2. The van der Waals surface area contributed by atoms with Crippen molar-refractivity contribution >= 4 is 17.5 Å². The zero-order valence-electron chi connectivity index (χ0n) is 14.7. The van der Waals surface area contributed by atoms with E-state index in [2.05, 4.69) is 20.8 Å². The monoisotopic (exact) mass is 316 g/mol. The Labute approximate surface area is 139 Å². The summed E-state index contributed by atoms with van der Waals surface area (Å²) in [5, 5.41) is 0. The van der Waals surface area contributed by atoms with Crippen LogP contribution in [0.1, 0.15) is 52.0 Å². The first kappa shape index (κ1) is 17.5. The van der Waals surface area contributed by atoms with Gasteiger partial charge in [-0.15, -0.1) is 0 Å². The molecule has 0 bridgehead atoms. The van der Waals surface area contributed by atoms with Crippen LogP contribution in [0.5, 0.6) is 0 Å². The van der Waals surface area contributed by atoms with Crippen molar-refractivity contribution in [1.82, 2.24) is 4.90 Å². The van der Waals surface area contributed by atoms with Gasteiger partial charge in [-0.1, -0.05) is 39.0 Å². The summed E-state index contributed by atoms with van der Waals surface area (Å²) in [6, 6.07) is 7.86. The molecule has 0 N–H and O–H groups in total. The zero-order chi connectivity index (χ0) is 17.0. The Balaban J connectivity index is 2.17. The number of nitrogens with zero attached hydrogens (tertiary/aromatic N) is 2. The molecule has 23 heavy (non-hydrogen) atoms. The zero-order valence-corrected chi connectivity index (χ0v) is 14.7.